The highest BCUT2D eigenvalue weighted by Crippen LogP contribution is 2.24. The normalized spacial score (nSPS) is 13.2. The van der Waals surface area contributed by atoms with Crippen LogP contribution < -0.4 is 0 Å². The first kappa shape index (κ1) is 19.9. The fraction of sp³-hybridized carbons (Fsp3) is 0.400. The number of aliphatic hydroxyl groups is 2. The summed E-state index contributed by atoms with van der Waals surface area (Å²) in [6.45, 7) is 3.25. The molecule has 2 atom stereocenters. The number of carbonyl (C=O) groups is 2. The van der Waals surface area contributed by atoms with Crippen LogP contribution in [0, 0.1) is 0 Å². The van der Waals surface area contributed by atoms with Crippen LogP contribution in [0.25, 0.3) is 10.8 Å². The molecule has 2 unspecified atom stereocenters. The molecule has 2 aromatic carbocycles. The van der Waals surface area contributed by atoms with Gasteiger partial charge in [0.1, 0.15) is 13.2 Å². The third-order valence-electron chi connectivity index (χ3n) is 4.11. The van der Waals surface area contributed by atoms with E-state index in [4.69, 9.17) is 9.47 Å². The average Bonchev–Trinajstić information content (AvgIpc) is 2.68. The summed E-state index contributed by atoms with van der Waals surface area (Å²) in [5.74, 6) is -1.40. The van der Waals surface area contributed by atoms with Crippen LogP contribution in [0.1, 0.15) is 47.4 Å². The number of rotatable bonds is 8. The first-order chi connectivity index (χ1) is 12.5. The summed E-state index contributed by atoms with van der Waals surface area (Å²) >= 11 is 0. The quantitative estimate of drug-likeness (QED) is 0.703. The second-order valence-corrected chi connectivity index (χ2v) is 6.03. The van der Waals surface area contributed by atoms with Crippen LogP contribution in [0.3, 0.4) is 0 Å². The van der Waals surface area contributed by atoms with Crippen molar-refractivity contribution in [2.75, 3.05) is 13.2 Å². The molecule has 0 bridgehead atoms. The number of aliphatic hydroxyl groups excluding tert-OH is 2. The molecule has 0 heterocycles. The molecule has 0 amide bonds. The summed E-state index contributed by atoms with van der Waals surface area (Å²) in [6, 6.07) is 10.4. The van der Waals surface area contributed by atoms with Gasteiger partial charge in [-0.3, -0.25) is 0 Å². The predicted molar refractivity (Wildman–Crippen MR) is 97.1 cm³/mol. The van der Waals surface area contributed by atoms with E-state index >= 15 is 0 Å². The van der Waals surface area contributed by atoms with Crippen molar-refractivity contribution < 1.29 is 29.3 Å². The van der Waals surface area contributed by atoms with Gasteiger partial charge < -0.3 is 19.7 Å². The summed E-state index contributed by atoms with van der Waals surface area (Å²) in [4.78, 5) is 25.0. The highest BCUT2D eigenvalue weighted by atomic mass is 16.5. The molecule has 6 heteroatoms. The molecule has 0 saturated carbocycles. The van der Waals surface area contributed by atoms with Gasteiger partial charge in [0.25, 0.3) is 0 Å². The van der Waals surface area contributed by atoms with Gasteiger partial charge in [0.2, 0.25) is 0 Å². The standard InChI is InChI=1S/C20H24O6/c1-3-14(21)11-25-19(23)17-10-9-13-7-5-6-8-16(13)18(17)20(24)26-12-15(22)4-2/h5-10,14-15,21-22H,3-4,11-12H2,1-2H3. The fourth-order valence-electron chi connectivity index (χ4n) is 2.39. The van der Waals surface area contributed by atoms with Gasteiger partial charge in [-0.15, -0.1) is 0 Å². The zero-order chi connectivity index (χ0) is 19.1. The Morgan fingerprint density at radius 3 is 2.08 bits per heavy atom. The van der Waals surface area contributed by atoms with E-state index < -0.39 is 24.1 Å². The van der Waals surface area contributed by atoms with Crippen molar-refractivity contribution in [1.29, 1.82) is 0 Å². The maximum Gasteiger partial charge on any atom is 0.339 e. The van der Waals surface area contributed by atoms with E-state index in [1.165, 1.54) is 6.07 Å². The van der Waals surface area contributed by atoms with Gasteiger partial charge in [0, 0.05) is 0 Å². The lowest BCUT2D eigenvalue weighted by atomic mass is 9.99. The smallest absolute Gasteiger partial charge is 0.339 e. The van der Waals surface area contributed by atoms with Crippen LogP contribution in [0.2, 0.25) is 0 Å². The first-order valence-electron chi connectivity index (χ1n) is 8.70. The zero-order valence-electron chi connectivity index (χ0n) is 15.0. The van der Waals surface area contributed by atoms with Gasteiger partial charge in [-0.25, -0.2) is 9.59 Å². The van der Waals surface area contributed by atoms with Crippen LogP contribution in [-0.2, 0) is 9.47 Å². The zero-order valence-corrected chi connectivity index (χ0v) is 15.0. The lowest BCUT2D eigenvalue weighted by Gasteiger charge is -2.15. The minimum Gasteiger partial charge on any atom is -0.459 e. The molecule has 0 saturated heterocycles. The van der Waals surface area contributed by atoms with Gasteiger partial charge in [-0.2, -0.15) is 0 Å². The molecular weight excluding hydrogens is 336 g/mol. The van der Waals surface area contributed by atoms with Crippen LogP contribution in [0.5, 0.6) is 0 Å². The molecule has 140 valence electrons. The molecule has 2 N–H and O–H groups in total. The highest BCUT2D eigenvalue weighted by Gasteiger charge is 2.23. The molecule has 6 nitrogen and oxygen atoms in total. The summed E-state index contributed by atoms with van der Waals surface area (Å²) < 4.78 is 10.3. The molecule has 2 aromatic rings. The maximum atomic E-state index is 12.6. The lowest BCUT2D eigenvalue weighted by molar-refractivity contribution is 0.0215. The Bertz CT molecular complexity index is 770. The largest absolute Gasteiger partial charge is 0.459 e. The minimum absolute atomic E-state index is 0.0722. The van der Waals surface area contributed by atoms with Crippen molar-refractivity contribution >= 4 is 22.7 Å². The summed E-state index contributed by atoms with van der Waals surface area (Å²) in [5, 5.41) is 20.5. The van der Waals surface area contributed by atoms with Gasteiger partial charge in [-0.1, -0.05) is 44.2 Å². The summed E-state index contributed by atoms with van der Waals surface area (Å²) in [7, 11) is 0. The Morgan fingerprint density at radius 1 is 0.885 bits per heavy atom. The van der Waals surface area contributed by atoms with Crippen LogP contribution in [-0.4, -0.2) is 47.6 Å². The van der Waals surface area contributed by atoms with Crippen LogP contribution >= 0.6 is 0 Å². The third-order valence-corrected chi connectivity index (χ3v) is 4.11. The molecule has 0 aliphatic carbocycles. The maximum absolute atomic E-state index is 12.6. The third kappa shape index (κ3) is 4.80. The Morgan fingerprint density at radius 2 is 1.46 bits per heavy atom. The molecule has 0 fully saturated rings. The van der Waals surface area contributed by atoms with E-state index in [1.54, 1.807) is 32.0 Å². The van der Waals surface area contributed by atoms with Gasteiger partial charge in [0.05, 0.1) is 23.3 Å². The molecule has 0 aromatic heterocycles. The molecule has 26 heavy (non-hydrogen) atoms. The van der Waals surface area contributed by atoms with E-state index in [9.17, 15) is 19.8 Å². The Labute approximate surface area is 152 Å². The molecule has 2 rings (SSSR count). The van der Waals surface area contributed by atoms with Crippen LogP contribution in [0.4, 0.5) is 0 Å². The lowest BCUT2D eigenvalue weighted by Crippen LogP contribution is -2.22. The van der Waals surface area contributed by atoms with E-state index in [0.717, 1.165) is 5.39 Å². The second kappa shape index (κ2) is 9.31. The van der Waals surface area contributed by atoms with Crippen molar-refractivity contribution in [3.05, 3.63) is 47.5 Å². The van der Waals surface area contributed by atoms with E-state index in [1.807, 2.05) is 12.1 Å². The van der Waals surface area contributed by atoms with Gasteiger partial charge >= 0.3 is 11.9 Å². The Kier molecular flexibility index (Phi) is 7.12. The fourth-order valence-corrected chi connectivity index (χ4v) is 2.39. The topological polar surface area (TPSA) is 93.1 Å². The number of fused-ring (bicyclic) bond motifs is 1. The van der Waals surface area contributed by atoms with Crippen molar-refractivity contribution in [3.63, 3.8) is 0 Å². The number of benzene rings is 2. The van der Waals surface area contributed by atoms with Crippen molar-refractivity contribution in [1.82, 2.24) is 0 Å². The van der Waals surface area contributed by atoms with Crippen molar-refractivity contribution in [3.8, 4) is 0 Å². The Hall–Kier alpha value is -2.44. The number of ether oxygens (including phenoxy) is 2. The molecule has 0 aliphatic rings. The predicted octanol–water partition coefficient (Wildman–Crippen LogP) is 2.70. The number of esters is 2. The number of hydrogen-bond acceptors (Lipinski definition) is 6. The number of hydrogen-bond donors (Lipinski definition) is 2. The summed E-state index contributed by atoms with van der Waals surface area (Å²) in [6.07, 6.45) is -0.611. The van der Waals surface area contributed by atoms with Crippen molar-refractivity contribution in [2.24, 2.45) is 0 Å². The van der Waals surface area contributed by atoms with Gasteiger partial charge in [-0.05, 0) is 29.7 Å². The SMILES string of the molecule is CCC(O)COC(=O)c1ccc2ccccc2c1C(=O)OCC(O)CC. The molecular formula is C20H24O6. The minimum atomic E-state index is -0.760. The van der Waals surface area contributed by atoms with E-state index in [-0.39, 0.29) is 24.3 Å². The molecule has 0 spiro atoms. The van der Waals surface area contributed by atoms with E-state index in [2.05, 4.69) is 0 Å². The van der Waals surface area contributed by atoms with E-state index in [0.29, 0.717) is 18.2 Å². The highest BCUT2D eigenvalue weighted by molar-refractivity contribution is 6.12. The van der Waals surface area contributed by atoms with Gasteiger partial charge in [0.15, 0.2) is 0 Å². The van der Waals surface area contributed by atoms with Crippen LogP contribution in [0.15, 0.2) is 36.4 Å². The average molecular weight is 360 g/mol. The monoisotopic (exact) mass is 360 g/mol. The second-order valence-electron chi connectivity index (χ2n) is 6.03. The molecule has 0 radical (unpaired) electrons. The Balaban J connectivity index is 2.36. The van der Waals surface area contributed by atoms with Crippen molar-refractivity contribution in [2.45, 2.75) is 38.9 Å². The molecule has 0 aliphatic heterocycles. The summed E-state index contributed by atoms with van der Waals surface area (Å²) in [5.41, 5.74) is 0.172. The first-order valence-corrected chi connectivity index (χ1v) is 8.70. The number of carbonyl (C=O) groups excluding carboxylic acids is 2.